The lowest BCUT2D eigenvalue weighted by Gasteiger charge is -2.35. The molecular weight excluding hydrogens is 298 g/mol. The van der Waals surface area contributed by atoms with E-state index in [1.54, 1.807) is 13.4 Å². The number of rotatable bonds is 4. The lowest BCUT2D eigenvalue weighted by molar-refractivity contribution is -0.132. The monoisotopic (exact) mass is 317 g/mol. The molecule has 3 heterocycles. The van der Waals surface area contributed by atoms with E-state index in [9.17, 15) is 4.79 Å². The number of carbonyl (C=O) groups excluding carboxylic acids is 1. The van der Waals surface area contributed by atoms with Gasteiger partial charge in [0.2, 0.25) is 11.8 Å². The molecule has 2 aromatic heterocycles. The quantitative estimate of drug-likeness (QED) is 0.767. The lowest BCUT2D eigenvalue weighted by atomic mass is 10.3. The van der Waals surface area contributed by atoms with Gasteiger partial charge in [0.25, 0.3) is 0 Å². The molecule has 9 nitrogen and oxygen atoms in total. The summed E-state index contributed by atoms with van der Waals surface area (Å²) in [5, 5.41) is 3.96. The molecule has 0 unspecified atom stereocenters. The SMILES string of the molecule is COc1cc(N2CCN(C(=O)Cn3cncn3)CC2)nc(C)n1. The van der Waals surface area contributed by atoms with Crippen molar-refractivity contribution in [1.29, 1.82) is 0 Å². The van der Waals surface area contributed by atoms with Crippen LogP contribution in [0.5, 0.6) is 5.88 Å². The summed E-state index contributed by atoms with van der Waals surface area (Å²) in [6.45, 7) is 4.81. The first kappa shape index (κ1) is 15.2. The average Bonchev–Trinajstić information content (AvgIpc) is 3.07. The van der Waals surface area contributed by atoms with Crippen molar-refractivity contribution in [2.24, 2.45) is 0 Å². The maximum Gasteiger partial charge on any atom is 0.244 e. The van der Waals surface area contributed by atoms with Gasteiger partial charge in [-0.2, -0.15) is 10.1 Å². The maximum absolute atomic E-state index is 12.2. The molecule has 122 valence electrons. The number of methoxy groups -OCH3 is 1. The number of aryl methyl sites for hydroxylation is 1. The van der Waals surface area contributed by atoms with E-state index in [1.807, 2.05) is 17.9 Å². The molecule has 1 fully saturated rings. The smallest absolute Gasteiger partial charge is 0.244 e. The Balaban J connectivity index is 1.60. The predicted molar refractivity (Wildman–Crippen MR) is 82.1 cm³/mol. The first-order chi connectivity index (χ1) is 11.2. The highest BCUT2D eigenvalue weighted by Crippen LogP contribution is 2.18. The summed E-state index contributed by atoms with van der Waals surface area (Å²) in [4.78, 5) is 28.7. The second kappa shape index (κ2) is 6.59. The zero-order chi connectivity index (χ0) is 16.2. The molecular formula is C14H19N7O2. The van der Waals surface area contributed by atoms with Gasteiger partial charge in [0.05, 0.1) is 7.11 Å². The van der Waals surface area contributed by atoms with Gasteiger partial charge in [0.1, 0.15) is 30.8 Å². The number of aromatic nitrogens is 5. The van der Waals surface area contributed by atoms with E-state index in [-0.39, 0.29) is 12.5 Å². The molecule has 0 bridgehead atoms. The Morgan fingerprint density at radius 1 is 1.26 bits per heavy atom. The first-order valence-electron chi connectivity index (χ1n) is 7.40. The molecule has 0 aliphatic carbocycles. The van der Waals surface area contributed by atoms with E-state index < -0.39 is 0 Å². The third-order valence-electron chi connectivity index (χ3n) is 3.73. The second-order valence-electron chi connectivity index (χ2n) is 5.28. The van der Waals surface area contributed by atoms with E-state index in [0.717, 1.165) is 18.9 Å². The Morgan fingerprint density at radius 2 is 2.04 bits per heavy atom. The Hall–Kier alpha value is -2.71. The number of hydrogen-bond acceptors (Lipinski definition) is 7. The fourth-order valence-electron chi connectivity index (χ4n) is 2.53. The normalized spacial score (nSPS) is 14.9. The van der Waals surface area contributed by atoms with Crippen LogP contribution in [0.25, 0.3) is 0 Å². The van der Waals surface area contributed by atoms with Crippen LogP contribution in [0.2, 0.25) is 0 Å². The molecule has 0 spiro atoms. The highest BCUT2D eigenvalue weighted by atomic mass is 16.5. The van der Waals surface area contributed by atoms with Crippen molar-refractivity contribution in [3.05, 3.63) is 24.5 Å². The summed E-state index contributed by atoms with van der Waals surface area (Å²) in [6, 6.07) is 1.82. The minimum Gasteiger partial charge on any atom is -0.481 e. The first-order valence-corrected chi connectivity index (χ1v) is 7.40. The number of amides is 1. The van der Waals surface area contributed by atoms with E-state index in [1.165, 1.54) is 11.0 Å². The van der Waals surface area contributed by atoms with Gasteiger partial charge in [0.15, 0.2) is 0 Å². The maximum atomic E-state index is 12.2. The number of anilines is 1. The average molecular weight is 317 g/mol. The summed E-state index contributed by atoms with van der Waals surface area (Å²) in [7, 11) is 1.59. The number of hydrogen-bond donors (Lipinski definition) is 0. The Bertz CT molecular complexity index is 666. The van der Waals surface area contributed by atoms with Crippen LogP contribution in [0.3, 0.4) is 0 Å². The minimum atomic E-state index is 0.0478. The lowest BCUT2D eigenvalue weighted by Crippen LogP contribution is -2.50. The number of ether oxygens (including phenoxy) is 1. The number of piperazine rings is 1. The molecule has 23 heavy (non-hydrogen) atoms. The molecule has 1 amide bonds. The molecule has 9 heteroatoms. The van der Waals surface area contributed by atoms with Crippen molar-refractivity contribution < 1.29 is 9.53 Å². The summed E-state index contributed by atoms with van der Waals surface area (Å²) in [5.74, 6) is 2.10. The molecule has 0 N–H and O–H groups in total. The van der Waals surface area contributed by atoms with Gasteiger partial charge in [-0.05, 0) is 6.92 Å². The standard InChI is InChI=1S/C14H19N7O2/c1-11-17-12(7-13(18-11)23-2)19-3-5-20(6-4-19)14(22)8-21-10-15-9-16-21/h7,9-10H,3-6,8H2,1-2H3. The summed E-state index contributed by atoms with van der Waals surface area (Å²) in [6.07, 6.45) is 2.97. The Kier molecular flexibility index (Phi) is 4.35. The van der Waals surface area contributed by atoms with Crippen LogP contribution in [0.15, 0.2) is 18.7 Å². The summed E-state index contributed by atoms with van der Waals surface area (Å²) < 4.78 is 6.72. The van der Waals surface area contributed by atoms with Crippen LogP contribution < -0.4 is 9.64 Å². The van der Waals surface area contributed by atoms with Gasteiger partial charge in [-0.3, -0.25) is 4.79 Å². The number of nitrogens with zero attached hydrogens (tertiary/aromatic N) is 7. The molecule has 3 rings (SSSR count). The highest BCUT2D eigenvalue weighted by Gasteiger charge is 2.22. The van der Waals surface area contributed by atoms with Crippen LogP contribution in [-0.2, 0) is 11.3 Å². The van der Waals surface area contributed by atoms with Crippen molar-refractivity contribution >= 4 is 11.7 Å². The minimum absolute atomic E-state index is 0.0478. The Labute approximate surface area is 133 Å². The van der Waals surface area contributed by atoms with Gasteiger partial charge < -0.3 is 14.5 Å². The molecule has 0 aromatic carbocycles. The van der Waals surface area contributed by atoms with E-state index in [4.69, 9.17) is 4.74 Å². The van der Waals surface area contributed by atoms with Gasteiger partial charge in [-0.25, -0.2) is 14.6 Å². The van der Waals surface area contributed by atoms with Crippen molar-refractivity contribution in [2.45, 2.75) is 13.5 Å². The number of carbonyl (C=O) groups is 1. The van der Waals surface area contributed by atoms with Gasteiger partial charge in [-0.1, -0.05) is 0 Å². The van der Waals surface area contributed by atoms with Crippen LogP contribution in [0, 0.1) is 6.92 Å². The van der Waals surface area contributed by atoms with E-state index >= 15 is 0 Å². The van der Waals surface area contributed by atoms with Crippen molar-refractivity contribution in [3.8, 4) is 5.88 Å². The largest absolute Gasteiger partial charge is 0.481 e. The van der Waals surface area contributed by atoms with Crippen LogP contribution >= 0.6 is 0 Å². The molecule has 1 aliphatic rings. The van der Waals surface area contributed by atoms with Crippen LogP contribution in [0.1, 0.15) is 5.82 Å². The van der Waals surface area contributed by atoms with Gasteiger partial charge in [0, 0.05) is 32.2 Å². The van der Waals surface area contributed by atoms with Gasteiger partial charge >= 0.3 is 0 Å². The fraction of sp³-hybridized carbons (Fsp3) is 0.500. The van der Waals surface area contributed by atoms with E-state index in [2.05, 4.69) is 25.0 Å². The predicted octanol–water partition coefficient (Wildman–Crippen LogP) is -0.266. The zero-order valence-electron chi connectivity index (χ0n) is 13.2. The molecule has 1 saturated heterocycles. The van der Waals surface area contributed by atoms with Crippen molar-refractivity contribution in [3.63, 3.8) is 0 Å². The van der Waals surface area contributed by atoms with Crippen molar-refractivity contribution in [1.82, 2.24) is 29.6 Å². The van der Waals surface area contributed by atoms with Crippen LogP contribution in [0.4, 0.5) is 5.82 Å². The van der Waals surface area contributed by atoms with Crippen LogP contribution in [-0.4, -0.2) is 68.8 Å². The summed E-state index contributed by atoms with van der Waals surface area (Å²) >= 11 is 0. The van der Waals surface area contributed by atoms with Gasteiger partial charge in [-0.15, -0.1) is 0 Å². The molecule has 0 radical (unpaired) electrons. The molecule has 2 aromatic rings. The third kappa shape index (κ3) is 3.55. The molecule has 1 aliphatic heterocycles. The van der Waals surface area contributed by atoms with E-state index in [0.29, 0.717) is 24.8 Å². The second-order valence-corrected chi connectivity index (χ2v) is 5.28. The summed E-state index contributed by atoms with van der Waals surface area (Å²) in [5.41, 5.74) is 0. The Morgan fingerprint density at radius 3 is 2.70 bits per heavy atom. The topological polar surface area (TPSA) is 89.3 Å². The third-order valence-corrected chi connectivity index (χ3v) is 3.73. The molecule has 0 saturated carbocycles. The fourth-order valence-corrected chi connectivity index (χ4v) is 2.53. The van der Waals surface area contributed by atoms with Crippen molar-refractivity contribution in [2.75, 3.05) is 38.2 Å². The zero-order valence-corrected chi connectivity index (χ0v) is 13.2. The molecule has 0 atom stereocenters. The highest BCUT2D eigenvalue weighted by molar-refractivity contribution is 5.76.